The molecule has 0 spiro atoms. The quantitative estimate of drug-likeness (QED) is 0.786. The van der Waals surface area contributed by atoms with Crippen molar-refractivity contribution in [2.24, 2.45) is 0 Å². The number of aliphatic hydroxyl groups is 1. The topological polar surface area (TPSA) is 52.6 Å². The van der Waals surface area contributed by atoms with Gasteiger partial charge in [0.05, 0.1) is 18.7 Å². The fourth-order valence-electron chi connectivity index (χ4n) is 2.30. The fraction of sp³-hybridized carbons (Fsp3) is 0.562. The van der Waals surface area contributed by atoms with Crippen LogP contribution in [0.5, 0.6) is 0 Å². The Labute approximate surface area is 120 Å². The highest BCUT2D eigenvalue weighted by molar-refractivity contribution is 5.78. The summed E-state index contributed by atoms with van der Waals surface area (Å²) >= 11 is 0. The maximum Gasteiger partial charge on any atom is 0.234 e. The summed E-state index contributed by atoms with van der Waals surface area (Å²) in [6, 6.07) is 10.2. The summed E-state index contributed by atoms with van der Waals surface area (Å²) < 4.78 is 0. The molecule has 2 N–H and O–H groups in total. The van der Waals surface area contributed by atoms with Gasteiger partial charge in [0.15, 0.2) is 0 Å². The van der Waals surface area contributed by atoms with Crippen LogP contribution in [-0.2, 0) is 11.2 Å². The summed E-state index contributed by atoms with van der Waals surface area (Å²) in [7, 11) is 1.97. The molecule has 1 aromatic rings. The van der Waals surface area contributed by atoms with Crippen LogP contribution in [0.3, 0.4) is 0 Å². The largest absolute Gasteiger partial charge is 0.391 e. The molecular weight excluding hydrogens is 252 g/mol. The minimum atomic E-state index is -0.562. The number of carbonyl (C=O) groups is 1. The summed E-state index contributed by atoms with van der Waals surface area (Å²) in [5.41, 5.74) is 1.08. The average Bonchev–Trinajstić information content (AvgIpc) is 3.23. The van der Waals surface area contributed by atoms with Gasteiger partial charge in [-0.05, 0) is 32.4 Å². The van der Waals surface area contributed by atoms with E-state index in [-0.39, 0.29) is 11.9 Å². The molecule has 1 amide bonds. The number of rotatable bonds is 7. The molecule has 20 heavy (non-hydrogen) atoms. The van der Waals surface area contributed by atoms with Gasteiger partial charge in [-0.25, -0.2) is 0 Å². The van der Waals surface area contributed by atoms with Gasteiger partial charge in [-0.1, -0.05) is 30.3 Å². The van der Waals surface area contributed by atoms with Gasteiger partial charge in [-0.15, -0.1) is 0 Å². The Hall–Kier alpha value is -1.39. The van der Waals surface area contributed by atoms with E-state index in [2.05, 4.69) is 10.2 Å². The zero-order valence-electron chi connectivity index (χ0n) is 12.2. The van der Waals surface area contributed by atoms with E-state index in [0.717, 1.165) is 5.56 Å². The van der Waals surface area contributed by atoms with Gasteiger partial charge in [-0.3, -0.25) is 9.69 Å². The molecule has 0 heterocycles. The summed E-state index contributed by atoms with van der Waals surface area (Å²) in [6.45, 7) is 2.26. The SMILES string of the molecule is CC(NC(=O)CN(C)C1CC1)C(O)Cc1ccccc1. The van der Waals surface area contributed by atoms with E-state index in [4.69, 9.17) is 0 Å². The van der Waals surface area contributed by atoms with Gasteiger partial charge in [0.1, 0.15) is 0 Å². The van der Waals surface area contributed by atoms with Crippen LogP contribution < -0.4 is 5.32 Å². The first kappa shape index (κ1) is 15.0. The predicted molar refractivity (Wildman–Crippen MR) is 79.4 cm³/mol. The van der Waals surface area contributed by atoms with Crippen molar-refractivity contribution < 1.29 is 9.90 Å². The van der Waals surface area contributed by atoms with Crippen LogP contribution >= 0.6 is 0 Å². The molecule has 0 aliphatic heterocycles. The van der Waals surface area contributed by atoms with Crippen LogP contribution in [0.1, 0.15) is 25.3 Å². The van der Waals surface area contributed by atoms with Gasteiger partial charge < -0.3 is 10.4 Å². The van der Waals surface area contributed by atoms with Crippen LogP contribution in [-0.4, -0.2) is 47.7 Å². The molecule has 1 aliphatic rings. The predicted octanol–water partition coefficient (Wildman–Crippen LogP) is 1.19. The maximum atomic E-state index is 11.9. The van der Waals surface area contributed by atoms with Gasteiger partial charge >= 0.3 is 0 Å². The van der Waals surface area contributed by atoms with E-state index in [1.807, 2.05) is 44.3 Å². The third kappa shape index (κ3) is 4.62. The van der Waals surface area contributed by atoms with E-state index >= 15 is 0 Å². The molecule has 0 radical (unpaired) electrons. The zero-order valence-corrected chi connectivity index (χ0v) is 12.2. The van der Waals surface area contributed by atoms with Crippen molar-refractivity contribution in [1.29, 1.82) is 0 Å². The second-order valence-electron chi connectivity index (χ2n) is 5.76. The van der Waals surface area contributed by atoms with Crippen molar-refractivity contribution >= 4 is 5.91 Å². The number of hydrogen-bond acceptors (Lipinski definition) is 3. The molecule has 0 aromatic heterocycles. The van der Waals surface area contributed by atoms with E-state index in [0.29, 0.717) is 19.0 Å². The van der Waals surface area contributed by atoms with Gasteiger partial charge in [0.25, 0.3) is 0 Å². The second-order valence-corrected chi connectivity index (χ2v) is 5.76. The first-order valence-corrected chi connectivity index (χ1v) is 7.28. The molecule has 2 rings (SSSR count). The second kappa shape index (κ2) is 6.86. The number of carbonyl (C=O) groups excluding carboxylic acids is 1. The summed E-state index contributed by atoms with van der Waals surface area (Å²) in [5, 5.41) is 13.0. The van der Waals surface area contributed by atoms with Gasteiger partial charge in [0, 0.05) is 12.5 Å². The first-order chi connectivity index (χ1) is 9.56. The standard InChI is InChI=1S/C16H24N2O2/c1-12(15(19)10-13-6-4-3-5-7-13)17-16(20)11-18(2)14-8-9-14/h3-7,12,14-15,19H,8-11H2,1-2H3,(H,17,20). The molecule has 110 valence electrons. The molecule has 4 nitrogen and oxygen atoms in total. The Morgan fingerprint density at radius 1 is 1.40 bits per heavy atom. The summed E-state index contributed by atoms with van der Waals surface area (Å²) in [6.07, 6.45) is 2.37. The van der Waals surface area contributed by atoms with Crippen LogP contribution in [0.4, 0.5) is 0 Å². The lowest BCUT2D eigenvalue weighted by Gasteiger charge is -2.22. The molecule has 2 atom stereocenters. The van der Waals surface area contributed by atoms with Crippen molar-refractivity contribution in [2.45, 2.75) is 44.4 Å². The minimum absolute atomic E-state index is 0.0148. The third-order valence-electron chi connectivity index (χ3n) is 3.82. The fourth-order valence-corrected chi connectivity index (χ4v) is 2.30. The number of hydrogen-bond donors (Lipinski definition) is 2. The Bertz CT molecular complexity index is 431. The highest BCUT2D eigenvalue weighted by Gasteiger charge is 2.27. The van der Waals surface area contributed by atoms with Crippen LogP contribution in [0, 0.1) is 0 Å². The normalized spacial score (nSPS) is 17.8. The number of aliphatic hydroxyl groups excluding tert-OH is 1. The Morgan fingerprint density at radius 3 is 2.65 bits per heavy atom. The molecule has 0 saturated heterocycles. The van der Waals surface area contributed by atoms with E-state index in [9.17, 15) is 9.90 Å². The highest BCUT2D eigenvalue weighted by atomic mass is 16.3. The lowest BCUT2D eigenvalue weighted by atomic mass is 10.0. The molecule has 1 fully saturated rings. The number of amides is 1. The average molecular weight is 276 g/mol. The highest BCUT2D eigenvalue weighted by Crippen LogP contribution is 2.24. The number of nitrogens with one attached hydrogen (secondary N) is 1. The summed E-state index contributed by atoms with van der Waals surface area (Å²) in [5.74, 6) is -0.0148. The zero-order chi connectivity index (χ0) is 14.5. The van der Waals surface area contributed by atoms with Gasteiger partial charge in [-0.2, -0.15) is 0 Å². The first-order valence-electron chi connectivity index (χ1n) is 7.28. The molecule has 1 aliphatic carbocycles. The lowest BCUT2D eigenvalue weighted by Crippen LogP contribution is -2.46. The number of likely N-dealkylation sites (N-methyl/N-ethyl adjacent to an activating group) is 1. The molecule has 4 heteroatoms. The molecule has 1 aromatic carbocycles. The molecule has 0 bridgehead atoms. The van der Waals surface area contributed by atoms with Crippen molar-refractivity contribution in [3.05, 3.63) is 35.9 Å². The maximum absolute atomic E-state index is 11.9. The monoisotopic (exact) mass is 276 g/mol. The van der Waals surface area contributed by atoms with Gasteiger partial charge in [0.2, 0.25) is 5.91 Å². The van der Waals surface area contributed by atoms with Crippen LogP contribution in [0.2, 0.25) is 0 Å². The minimum Gasteiger partial charge on any atom is -0.391 e. The smallest absolute Gasteiger partial charge is 0.234 e. The van der Waals surface area contributed by atoms with Crippen molar-refractivity contribution in [3.8, 4) is 0 Å². The van der Waals surface area contributed by atoms with Crippen molar-refractivity contribution in [2.75, 3.05) is 13.6 Å². The van der Waals surface area contributed by atoms with E-state index in [1.165, 1.54) is 12.8 Å². The van der Waals surface area contributed by atoms with Crippen molar-refractivity contribution in [3.63, 3.8) is 0 Å². The van der Waals surface area contributed by atoms with Crippen LogP contribution in [0.15, 0.2) is 30.3 Å². The van der Waals surface area contributed by atoms with E-state index < -0.39 is 6.10 Å². The summed E-state index contributed by atoms with van der Waals surface area (Å²) in [4.78, 5) is 14.0. The number of benzene rings is 1. The molecule has 2 unspecified atom stereocenters. The van der Waals surface area contributed by atoms with Crippen LogP contribution in [0.25, 0.3) is 0 Å². The third-order valence-corrected chi connectivity index (χ3v) is 3.82. The molecule has 1 saturated carbocycles. The Morgan fingerprint density at radius 2 is 2.05 bits per heavy atom. The lowest BCUT2D eigenvalue weighted by molar-refractivity contribution is -0.123. The Balaban J connectivity index is 1.75. The number of nitrogens with zero attached hydrogens (tertiary/aromatic N) is 1. The van der Waals surface area contributed by atoms with E-state index in [1.54, 1.807) is 0 Å². The van der Waals surface area contributed by atoms with Crippen molar-refractivity contribution in [1.82, 2.24) is 10.2 Å². The Kier molecular flexibility index (Phi) is 5.15. The molecular formula is C16H24N2O2.